The molecule has 35 heavy (non-hydrogen) atoms. The van der Waals surface area contributed by atoms with Crippen LogP contribution in [0.2, 0.25) is 0 Å². The number of hydrogen-bond donors (Lipinski definition) is 0. The summed E-state index contributed by atoms with van der Waals surface area (Å²) in [5.74, 6) is -0.211. The van der Waals surface area contributed by atoms with Gasteiger partial charge in [0.1, 0.15) is 24.1 Å². The molecular weight excluding hydrogens is 470 g/mol. The van der Waals surface area contributed by atoms with Crippen molar-refractivity contribution < 1.29 is 19.5 Å². The lowest BCUT2D eigenvalue weighted by Crippen LogP contribution is -2.27. The first-order valence-corrected chi connectivity index (χ1v) is 11.8. The molecule has 0 radical (unpaired) electrons. The highest BCUT2D eigenvalue weighted by atomic mass is 32.1. The lowest BCUT2D eigenvalue weighted by molar-refractivity contribution is -0.759. The van der Waals surface area contributed by atoms with Gasteiger partial charge in [-0.05, 0) is 37.5 Å². The van der Waals surface area contributed by atoms with E-state index in [-0.39, 0.29) is 12.6 Å². The molecule has 1 atom stereocenters. The van der Waals surface area contributed by atoms with Gasteiger partial charge in [0.2, 0.25) is 0 Å². The predicted molar refractivity (Wildman–Crippen MR) is 126 cm³/mol. The Bertz CT molecular complexity index is 1370. The summed E-state index contributed by atoms with van der Waals surface area (Å²) in [6, 6.07) is 16.8. The molecule has 178 valence electrons. The lowest BCUT2D eigenvalue weighted by atomic mass is 10.0. The number of thiazole rings is 1. The van der Waals surface area contributed by atoms with Crippen LogP contribution in [0, 0.1) is 22.5 Å². The van der Waals surface area contributed by atoms with E-state index in [2.05, 4.69) is 20.1 Å². The molecule has 1 fully saturated rings. The predicted octanol–water partition coefficient (Wildman–Crippen LogP) is 4.24. The number of aryl methyl sites for hydroxylation is 1. The minimum absolute atomic E-state index is 0.178. The van der Waals surface area contributed by atoms with Crippen LogP contribution in [-0.2, 0) is 9.63 Å². The highest BCUT2D eigenvalue weighted by molar-refractivity contribution is 7.09. The summed E-state index contributed by atoms with van der Waals surface area (Å²) >= 11 is 1.57. The Morgan fingerprint density at radius 3 is 2.71 bits per heavy atom. The number of carbonyl (C=O) groups is 1. The lowest BCUT2D eigenvalue weighted by Gasteiger charge is -2.16. The van der Waals surface area contributed by atoms with E-state index in [0.717, 1.165) is 21.7 Å². The van der Waals surface area contributed by atoms with Gasteiger partial charge in [-0.3, -0.25) is 4.79 Å². The van der Waals surface area contributed by atoms with Gasteiger partial charge in [0.15, 0.2) is 0 Å². The Morgan fingerprint density at radius 1 is 1.23 bits per heavy atom. The van der Waals surface area contributed by atoms with Crippen molar-refractivity contribution in [3.63, 3.8) is 0 Å². The largest absolute Gasteiger partial charge is 0.426 e. The minimum atomic E-state index is -0.957. The van der Waals surface area contributed by atoms with Gasteiger partial charge in [-0.15, -0.1) is 26.5 Å². The van der Waals surface area contributed by atoms with Crippen LogP contribution in [0.1, 0.15) is 35.0 Å². The highest BCUT2D eigenvalue weighted by Crippen LogP contribution is 2.47. The Kier molecular flexibility index (Phi) is 6.00. The molecule has 0 N–H and O–H groups in total. The zero-order valence-corrected chi connectivity index (χ0v) is 19.6. The normalized spacial score (nSPS) is 14.8. The quantitative estimate of drug-likeness (QED) is 0.147. The summed E-state index contributed by atoms with van der Waals surface area (Å²) < 4.78 is 7.33. The van der Waals surface area contributed by atoms with Crippen LogP contribution in [0.3, 0.4) is 0 Å². The Balaban J connectivity index is 1.39. The Morgan fingerprint density at radius 2 is 2.03 bits per heavy atom. The Hall–Kier alpha value is -4.12. The van der Waals surface area contributed by atoms with Crippen LogP contribution in [0.15, 0.2) is 66.3 Å². The standard InChI is InChI=1S/C24H21N5O5S/c1-16-22(35-15-25-16)21(17-6-3-2-4-7-17)28-13-20(26-27-28)18-8-5-9-19(12-18)34-23(30)24(10-11-24)14-33-29(31)32/h2-9,12-13,15,21H,10-11,14H2,1H3. The van der Waals surface area contributed by atoms with E-state index in [9.17, 15) is 14.9 Å². The summed E-state index contributed by atoms with van der Waals surface area (Å²) in [5, 5.41) is 18.4. The van der Waals surface area contributed by atoms with E-state index in [1.165, 1.54) is 0 Å². The highest BCUT2D eigenvalue weighted by Gasteiger charge is 2.52. The topological polar surface area (TPSA) is 122 Å². The van der Waals surface area contributed by atoms with Crippen molar-refractivity contribution in [1.82, 2.24) is 20.0 Å². The molecule has 11 heteroatoms. The molecule has 1 aliphatic carbocycles. The number of aromatic nitrogens is 4. The van der Waals surface area contributed by atoms with Gasteiger partial charge in [0, 0.05) is 5.56 Å². The second kappa shape index (κ2) is 9.26. The molecule has 1 unspecified atom stereocenters. The van der Waals surface area contributed by atoms with Crippen LogP contribution < -0.4 is 4.74 Å². The minimum Gasteiger partial charge on any atom is -0.426 e. The van der Waals surface area contributed by atoms with Crippen LogP contribution >= 0.6 is 11.3 Å². The number of rotatable bonds is 9. The van der Waals surface area contributed by atoms with Gasteiger partial charge in [0.25, 0.3) is 5.09 Å². The third-order valence-corrected chi connectivity index (χ3v) is 6.98. The maximum absolute atomic E-state index is 12.6. The molecule has 0 aliphatic heterocycles. The van der Waals surface area contributed by atoms with Crippen molar-refractivity contribution >= 4 is 17.3 Å². The third kappa shape index (κ3) is 4.76. The average molecular weight is 492 g/mol. The van der Waals surface area contributed by atoms with Crippen LogP contribution in [0.4, 0.5) is 0 Å². The molecule has 1 aliphatic rings. The number of nitrogens with zero attached hydrogens (tertiary/aromatic N) is 5. The molecule has 5 rings (SSSR count). The molecular formula is C24H21N5O5S. The summed E-state index contributed by atoms with van der Waals surface area (Å²) in [4.78, 5) is 33.0. The fraction of sp³-hybridized carbons (Fsp3) is 0.250. The van der Waals surface area contributed by atoms with Gasteiger partial charge >= 0.3 is 5.97 Å². The van der Waals surface area contributed by atoms with E-state index in [1.807, 2.05) is 55.0 Å². The fourth-order valence-electron chi connectivity index (χ4n) is 3.84. The molecule has 1 saturated carbocycles. The summed E-state index contributed by atoms with van der Waals surface area (Å²) in [5.41, 5.74) is 4.20. The smallest absolute Gasteiger partial charge is 0.319 e. The van der Waals surface area contributed by atoms with Crippen molar-refractivity contribution in [3.05, 3.63) is 92.6 Å². The first-order valence-electron chi connectivity index (χ1n) is 10.9. The van der Waals surface area contributed by atoms with Crippen LogP contribution in [-0.4, -0.2) is 37.6 Å². The zero-order chi connectivity index (χ0) is 24.4. The number of hydrogen-bond acceptors (Lipinski definition) is 9. The third-order valence-electron chi connectivity index (χ3n) is 5.99. The molecule has 4 aromatic rings. The molecule has 0 amide bonds. The van der Waals surface area contributed by atoms with E-state index in [1.54, 1.807) is 34.2 Å². The van der Waals surface area contributed by atoms with E-state index in [4.69, 9.17) is 4.74 Å². The second-order valence-electron chi connectivity index (χ2n) is 8.39. The van der Waals surface area contributed by atoms with Crippen LogP contribution in [0.25, 0.3) is 11.3 Å². The van der Waals surface area contributed by atoms with Crippen molar-refractivity contribution in [2.45, 2.75) is 25.8 Å². The molecule has 0 spiro atoms. The molecule has 2 aromatic heterocycles. The fourth-order valence-corrected chi connectivity index (χ4v) is 4.76. The molecule has 2 aromatic carbocycles. The number of ether oxygens (including phenoxy) is 1. The number of carbonyl (C=O) groups excluding carboxylic acids is 1. The van der Waals surface area contributed by atoms with Gasteiger partial charge in [0.05, 0.1) is 27.7 Å². The summed E-state index contributed by atoms with van der Waals surface area (Å²) in [6.45, 7) is 1.67. The maximum atomic E-state index is 12.6. The zero-order valence-electron chi connectivity index (χ0n) is 18.7. The first kappa shape index (κ1) is 22.7. The van der Waals surface area contributed by atoms with E-state index >= 15 is 0 Å². The number of esters is 1. The van der Waals surface area contributed by atoms with E-state index in [0.29, 0.717) is 24.3 Å². The second-order valence-corrected chi connectivity index (χ2v) is 9.28. The van der Waals surface area contributed by atoms with Gasteiger partial charge < -0.3 is 9.57 Å². The average Bonchev–Trinajstić information content (AvgIpc) is 3.31. The molecule has 0 saturated heterocycles. The monoisotopic (exact) mass is 491 g/mol. The van der Waals surface area contributed by atoms with E-state index < -0.39 is 16.5 Å². The van der Waals surface area contributed by atoms with Crippen LogP contribution in [0.5, 0.6) is 5.75 Å². The molecule has 2 heterocycles. The first-order chi connectivity index (χ1) is 16.9. The van der Waals surface area contributed by atoms with Crippen molar-refractivity contribution in [1.29, 1.82) is 0 Å². The van der Waals surface area contributed by atoms with Gasteiger partial charge in [-0.25, -0.2) is 9.67 Å². The Labute approximate surface area is 204 Å². The van der Waals surface area contributed by atoms with Crippen molar-refractivity contribution in [3.8, 4) is 17.0 Å². The summed E-state index contributed by atoms with van der Waals surface area (Å²) in [7, 11) is 0. The van der Waals surface area contributed by atoms with Crippen molar-refractivity contribution in [2.24, 2.45) is 5.41 Å². The van der Waals surface area contributed by atoms with Crippen molar-refractivity contribution in [2.75, 3.05) is 6.61 Å². The SMILES string of the molecule is Cc1ncsc1C(c1ccccc1)n1cc(-c2cccc(OC(=O)C3(CO[N+](=O)[O-])CC3)c2)nn1. The summed E-state index contributed by atoms with van der Waals surface area (Å²) in [6.07, 6.45) is 2.84. The molecule has 0 bridgehead atoms. The van der Waals surface area contributed by atoms with Gasteiger partial charge in [-0.2, -0.15) is 0 Å². The number of benzene rings is 2. The van der Waals surface area contributed by atoms with Gasteiger partial charge in [-0.1, -0.05) is 47.7 Å². The molecule has 10 nitrogen and oxygen atoms in total. The maximum Gasteiger partial charge on any atom is 0.319 e.